The van der Waals surface area contributed by atoms with Crippen LogP contribution >= 0.6 is 15.9 Å². The minimum atomic E-state index is -1.65. The Bertz CT molecular complexity index is 1760. The Morgan fingerprint density at radius 3 is 1.88 bits per heavy atom. The van der Waals surface area contributed by atoms with Gasteiger partial charge in [0.2, 0.25) is 41.4 Å². The maximum atomic E-state index is 13.8. The molecular weight excluding hydrogens is 794 g/mol. The lowest BCUT2D eigenvalue weighted by molar-refractivity contribution is -0.156. The number of rotatable bonds is 13. The van der Waals surface area contributed by atoms with Crippen LogP contribution in [0, 0.1) is 11.8 Å². The van der Waals surface area contributed by atoms with Crippen LogP contribution < -0.4 is 38.1 Å². The second kappa shape index (κ2) is 22.6. The predicted octanol–water partition coefficient (Wildman–Crippen LogP) is 0.659. The van der Waals surface area contributed by atoms with Gasteiger partial charge in [-0.05, 0) is 58.8 Å². The molecule has 10 N–H and O–H groups in total. The summed E-state index contributed by atoms with van der Waals surface area (Å²) in [4.78, 5) is 104. The molecule has 0 spiro atoms. The Hall–Kier alpha value is -5.78. The Labute approximate surface area is 333 Å². The Balaban J connectivity index is 2.43. The molecule has 0 radical (unpaired) electrons. The Morgan fingerprint density at radius 1 is 0.804 bits per heavy atom. The number of cyclic esters (lactones) is 1. The highest BCUT2D eigenvalue weighted by molar-refractivity contribution is 9.10. The maximum Gasteiger partial charge on any atom is 0.328 e. The molecule has 1 fully saturated rings. The zero-order chi connectivity index (χ0) is 42.1. The summed E-state index contributed by atoms with van der Waals surface area (Å²) in [6, 6.07) is -2.51. The molecule has 1 aliphatic rings. The molecule has 17 nitrogen and oxygen atoms in total. The van der Waals surface area contributed by atoms with Crippen LogP contribution in [0.1, 0.15) is 59.4 Å². The molecule has 18 heteroatoms. The number of aromatic hydroxyl groups is 1. The second-order valence-electron chi connectivity index (χ2n) is 13.7. The molecule has 0 saturated carbocycles. The molecule has 0 bridgehead atoms. The normalized spacial score (nSPS) is 23.3. The van der Waals surface area contributed by atoms with E-state index in [2.05, 4.69) is 42.5 Å². The van der Waals surface area contributed by atoms with E-state index in [4.69, 9.17) is 16.2 Å². The van der Waals surface area contributed by atoms with E-state index in [1.54, 1.807) is 76.3 Å². The zero-order valence-electron chi connectivity index (χ0n) is 31.7. The van der Waals surface area contributed by atoms with E-state index in [1.165, 1.54) is 13.0 Å². The highest BCUT2D eigenvalue weighted by atomic mass is 79.9. The van der Waals surface area contributed by atoms with Crippen LogP contribution in [0.25, 0.3) is 6.08 Å². The lowest BCUT2D eigenvalue weighted by atomic mass is 10.0. The lowest BCUT2D eigenvalue weighted by Gasteiger charge is -2.31. The van der Waals surface area contributed by atoms with Crippen LogP contribution in [0.15, 0.2) is 65.2 Å². The van der Waals surface area contributed by atoms with Crippen molar-refractivity contribution in [2.24, 2.45) is 23.3 Å². The number of allylic oxidation sites excluding steroid dienone is 6. The number of phenolic OH excluding ortho intramolecular Hbond substituents is 1. The van der Waals surface area contributed by atoms with Crippen LogP contribution in [0.4, 0.5) is 0 Å². The number of carbonyl (C=O) groups is 8. The largest absolute Gasteiger partial charge is 0.507 e. The van der Waals surface area contributed by atoms with Crippen molar-refractivity contribution in [3.05, 3.63) is 70.8 Å². The van der Waals surface area contributed by atoms with E-state index < -0.39 is 102 Å². The molecular formula is C38H50BrN7O10. The molecule has 6 atom stereocenters. The number of amides is 7. The summed E-state index contributed by atoms with van der Waals surface area (Å²) in [7, 11) is 0. The highest BCUT2D eigenvalue weighted by Gasteiger charge is 2.38. The van der Waals surface area contributed by atoms with E-state index in [9.17, 15) is 43.5 Å². The second-order valence-corrected chi connectivity index (χ2v) is 14.6. The SMILES string of the molecule is CC(C)C[C@@H]1NC(=O)[C@H](CC(N)=O)NC(=O)[C@H](CC(N)=O)NC(=O)[C@H](C(C)C)NC(=O)[C@@H](NC(=O)/C=C/C=C/C=C/C=C/c2ccc(O)c(Br)c2)[C@@H](C)OC1=O. The molecule has 0 aliphatic carbocycles. The third-order valence-electron chi connectivity index (χ3n) is 8.05. The third-order valence-corrected chi connectivity index (χ3v) is 8.68. The highest BCUT2D eigenvalue weighted by Crippen LogP contribution is 2.24. The fraction of sp³-hybridized carbons (Fsp3) is 0.421. The van der Waals surface area contributed by atoms with Gasteiger partial charge in [0, 0.05) is 6.08 Å². The maximum absolute atomic E-state index is 13.8. The van der Waals surface area contributed by atoms with Crippen molar-refractivity contribution in [3.63, 3.8) is 0 Å². The summed E-state index contributed by atoms with van der Waals surface area (Å²) in [6.45, 7) is 8.02. The minimum Gasteiger partial charge on any atom is -0.507 e. The van der Waals surface area contributed by atoms with Gasteiger partial charge >= 0.3 is 5.97 Å². The number of phenols is 1. The third kappa shape index (κ3) is 15.9. The molecule has 0 aromatic heterocycles. The van der Waals surface area contributed by atoms with Gasteiger partial charge in [-0.25, -0.2) is 4.79 Å². The summed E-state index contributed by atoms with van der Waals surface area (Å²) in [5.41, 5.74) is 11.5. The van der Waals surface area contributed by atoms with Crippen molar-refractivity contribution in [2.75, 3.05) is 0 Å². The van der Waals surface area contributed by atoms with E-state index in [-0.39, 0.29) is 18.1 Å². The zero-order valence-corrected chi connectivity index (χ0v) is 33.3. The Kier molecular flexibility index (Phi) is 18.7. The number of nitrogens with two attached hydrogens (primary N) is 2. The van der Waals surface area contributed by atoms with Gasteiger partial charge in [-0.3, -0.25) is 33.6 Å². The van der Waals surface area contributed by atoms with Gasteiger partial charge in [-0.15, -0.1) is 0 Å². The number of halogens is 1. The quantitative estimate of drug-likeness (QED) is 0.0780. The smallest absolute Gasteiger partial charge is 0.328 e. The molecule has 1 aromatic rings. The summed E-state index contributed by atoms with van der Waals surface area (Å²) in [5, 5.41) is 21.8. The molecule has 304 valence electrons. The molecule has 7 amide bonds. The average molecular weight is 845 g/mol. The molecule has 1 aromatic carbocycles. The molecule has 1 aliphatic heterocycles. The van der Waals surface area contributed by atoms with E-state index >= 15 is 0 Å². The lowest BCUT2D eigenvalue weighted by Crippen LogP contribution is -2.62. The van der Waals surface area contributed by atoms with Gasteiger partial charge in [-0.2, -0.15) is 0 Å². The number of nitrogens with one attached hydrogen (secondary N) is 5. The summed E-state index contributed by atoms with van der Waals surface area (Å²) < 4.78 is 6.17. The summed E-state index contributed by atoms with van der Waals surface area (Å²) >= 11 is 3.26. The first-order valence-corrected chi connectivity index (χ1v) is 18.5. The fourth-order valence-electron chi connectivity index (χ4n) is 5.21. The van der Waals surface area contributed by atoms with E-state index in [1.807, 2.05) is 6.08 Å². The van der Waals surface area contributed by atoms with Crippen LogP contribution in [0.3, 0.4) is 0 Å². The van der Waals surface area contributed by atoms with Crippen molar-refractivity contribution in [3.8, 4) is 5.75 Å². The fourth-order valence-corrected chi connectivity index (χ4v) is 5.61. The van der Waals surface area contributed by atoms with Gasteiger partial charge in [0.1, 0.15) is 42.1 Å². The first-order chi connectivity index (χ1) is 26.3. The molecule has 2 rings (SSSR count). The molecule has 0 unspecified atom stereocenters. The Morgan fingerprint density at radius 2 is 1.34 bits per heavy atom. The molecule has 1 heterocycles. The van der Waals surface area contributed by atoms with Crippen molar-refractivity contribution >= 4 is 69.3 Å². The standard InChI is InChI=1S/C38H50BrN7O10/c1-20(2)16-27-38(55)56-22(5)33(45-31(50)13-11-9-7-6-8-10-12-23-14-15-28(47)24(39)17-23)37(54)46-32(21(3)4)36(53)43-26(19-30(41)49)34(51)42-25(18-29(40)48)35(52)44-27/h6-15,17,20-22,25-27,32-33,47H,16,18-19H2,1-5H3,(H2,40,48)(H2,41,49)(H,42,51)(H,43,53)(H,44,52)(H,45,50)(H,46,54)/b8-6+,9-7+,12-10+,13-11+/t22-,25+,26+,27+,32+,33+/m1/s1. The number of primary amides is 2. The topological polar surface area (TPSA) is 278 Å². The molecule has 1 saturated heterocycles. The predicted molar refractivity (Wildman–Crippen MR) is 209 cm³/mol. The number of benzene rings is 1. The number of hydrogen-bond acceptors (Lipinski definition) is 10. The summed E-state index contributed by atoms with van der Waals surface area (Å²) in [5.74, 6) is -8.35. The first-order valence-electron chi connectivity index (χ1n) is 17.7. The number of carbonyl (C=O) groups excluding carboxylic acids is 8. The van der Waals surface area contributed by atoms with Gasteiger partial charge in [-0.1, -0.05) is 76.3 Å². The van der Waals surface area contributed by atoms with Crippen LogP contribution in [-0.2, 0) is 43.1 Å². The van der Waals surface area contributed by atoms with Crippen molar-refractivity contribution < 1.29 is 48.2 Å². The number of esters is 1. The minimum absolute atomic E-state index is 0.0292. The van der Waals surface area contributed by atoms with Gasteiger partial charge < -0.3 is 47.9 Å². The average Bonchev–Trinajstić information content (AvgIpc) is 3.09. The van der Waals surface area contributed by atoms with E-state index in [0.717, 1.165) is 11.6 Å². The summed E-state index contributed by atoms with van der Waals surface area (Å²) in [6.07, 6.45) is 9.97. The van der Waals surface area contributed by atoms with Gasteiger partial charge in [0.05, 0.1) is 17.3 Å². The first kappa shape index (κ1) is 46.4. The van der Waals surface area contributed by atoms with Crippen LogP contribution in [-0.4, -0.2) is 88.7 Å². The van der Waals surface area contributed by atoms with Gasteiger partial charge in [0.15, 0.2) is 0 Å². The van der Waals surface area contributed by atoms with Crippen molar-refractivity contribution in [1.29, 1.82) is 0 Å². The van der Waals surface area contributed by atoms with Crippen LogP contribution in [0.5, 0.6) is 5.75 Å². The van der Waals surface area contributed by atoms with E-state index in [0.29, 0.717) is 4.47 Å². The van der Waals surface area contributed by atoms with Crippen molar-refractivity contribution in [1.82, 2.24) is 26.6 Å². The monoisotopic (exact) mass is 843 g/mol. The van der Waals surface area contributed by atoms with Crippen LogP contribution in [0.2, 0.25) is 0 Å². The molecule has 56 heavy (non-hydrogen) atoms. The van der Waals surface area contributed by atoms with Gasteiger partial charge in [0.25, 0.3) is 0 Å². The van der Waals surface area contributed by atoms with Crippen molar-refractivity contribution in [2.45, 2.75) is 90.2 Å². The number of hydrogen-bond donors (Lipinski definition) is 8. The number of ether oxygens (including phenoxy) is 1.